The Kier molecular flexibility index (Phi) is 5.19. The Morgan fingerprint density at radius 2 is 2.16 bits per heavy atom. The lowest BCUT2D eigenvalue weighted by atomic mass is 10.2. The van der Waals surface area contributed by atoms with E-state index in [-0.39, 0.29) is 17.5 Å². The van der Waals surface area contributed by atoms with E-state index in [0.717, 1.165) is 16.2 Å². The molecule has 0 atom stereocenters. The van der Waals surface area contributed by atoms with Gasteiger partial charge in [-0.1, -0.05) is 36.0 Å². The van der Waals surface area contributed by atoms with E-state index >= 15 is 0 Å². The number of allylic oxidation sites excluding steroid dienone is 1. The van der Waals surface area contributed by atoms with Crippen molar-refractivity contribution in [1.29, 1.82) is 0 Å². The van der Waals surface area contributed by atoms with E-state index in [1.807, 2.05) is 28.8 Å². The van der Waals surface area contributed by atoms with Crippen molar-refractivity contribution < 1.29 is 9.18 Å². The first kappa shape index (κ1) is 17.2. The predicted molar refractivity (Wildman–Crippen MR) is 100 cm³/mol. The molecule has 0 fully saturated rings. The van der Waals surface area contributed by atoms with Crippen molar-refractivity contribution >= 4 is 34.4 Å². The van der Waals surface area contributed by atoms with Crippen LogP contribution in [-0.4, -0.2) is 21.2 Å². The van der Waals surface area contributed by atoms with Gasteiger partial charge in [-0.15, -0.1) is 6.58 Å². The lowest BCUT2D eigenvalue weighted by Gasteiger charge is -2.07. The van der Waals surface area contributed by atoms with Crippen molar-refractivity contribution in [2.24, 2.45) is 0 Å². The third-order valence-corrected chi connectivity index (χ3v) is 4.70. The quantitative estimate of drug-likeness (QED) is 0.527. The van der Waals surface area contributed by atoms with Crippen molar-refractivity contribution in [3.63, 3.8) is 0 Å². The van der Waals surface area contributed by atoms with Crippen molar-refractivity contribution in [2.75, 3.05) is 11.1 Å². The topological polar surface area (TPSA) is 46.9 Å². The molecule has 3 aromatic rings. The Hall–Kier alpha value is -2.60. The molecular weight excluding hydrogens is 337 g/mol. The number of halogens is 1. The number of nitrogens with zero attached hydrogens (tertiary/aromatic N) is 2. The minimum Gasteiger partial charge on any atom is -0.325 e. The van der Waals surface area contributed by atoms with Crippen LogP contribution in [0.5, 0.6) is 0 Å². The highest BCUT2D eigenvalue weighted by molar-refractivity contribution is 7.99. The maximum Gasteiger partial charge on any atom is 0.234 e. The molecule has 0 unspecified atom stereocenters. The highest BCUT2D eigenvalue weighted by atomic mass is 32.2. The van der Waals surface area contributed by atoms with Crippen LogP contribution in [0.2, 0.25) is 0 Å². The van der Waals surface area contributed by atoms with Crippen LogP contribution in [0, 0.1) is 12.7 Å². The summed E-state index contributed by atoms with van der Waals surface area (Å²) in [6, 6.07) is 12.5. The molecule has 1 amide bonds. The minimum absolute atomic E-state index is 0.190. The van der Waals surface area contributed by atoms with Gasteiger partial charge in [0.25, 0.3) is 0 Å². The summed E-state index contributed by atoms with van der Waals surface area (Å²) in [6.45, 7) is 6.08. The zero-order valence-corrected chi connectivity index (χ0v) is 14.6. The molecule has 1 N–H and O–H groups in total. The molecule has 0 saturated heterocycles. The van der Waals surface area contributed by atoms with E-state index < -0.39 is 0 Å². The van der Waals surface area contributed by atoms with Crippen molar-refractivity contribution in [2.45, 2.75) is 18.6 Å². The van der Waals surface area contributed by atoms with Crippen LogP contribution in [0.15, 0.2) is 60.3 Å². The lowest BCUT2D eigenvalue weighted by molar-refractivity contribution is -0.113. The number of nitrogens with one attached hydrogen (secondary N) is 1. The third kappa shape index (κ3) is 3.91. The summed E-state index contributed by atoms with van der Waals surface area (Å²) in [5.41, 5.74) is 2.89. The van der Waals surface area contributed by atoms with E-state index in [1.165, 1.54) is 17.8 Å². The second-order valence-corrected chi connectivity index (χ2v) is 6.53. The number of para-hydroxylation sites is 2. The fraction of sp³-hybridized carbons (Fsp3) is 0.158. The second-order valence-electron chi connectivity index (χ2n) is 5.58. The average Bonchev–Trinajstić information content (AvgIpc) is 2.95. The van der Waals surface area contributed by atoms with Gasteiger partial charge >= 0.3 is 0 Å². The van der Waals surface area contributed by atoms with Crippen LogP contribution in [0.3, 0.4) is 0 Å². The standard InChI is InChI=1S/C19H18FN3OS/c1-3-10-23-17-7-5-4-6-16(17)22-19(23)25-12-18(24)21-14-9-8-13(2)15(20)11-14/h3-9,11H,1,10,12H2,2H3,(H,21,24). The summed E-state index contributed by atoms with van der Waals surface area (Å²) in [7, 11) is 0. The molecular formula is C19H18FN3OS. The molecule has 0 aliphatic heterocycles. The van der Waals surface area contributed by atoms with Gasteiger partial charge in [0.1, 0.15) is 5.82 Å². The van der Waals surface area contributed by atoms with Crippen molar-refractivity contribution in [1.82, 2.24) is 9.55 Å². The van der Waals surface area contributed by atoms with E-state index in [2.05, 4.69) is 16.9 Å². The van der Waals surface area contributed by atoms with Gasteiger partial charge in [0.2, 0.25) is 5.91 Å². The third-order valence-electron chi connectivity index (χ3n) is 3.72. The van der Waals surface area contributed by atoms with Gasteiger partial charge in [-0.25, -0.2) is 9.37 Å². The van der Waals surface area contributed by atoms with Crippen LogP contribution in [0.1, 0.15) is 5.56 Å². The minimum atomic E-state index is -0.335. The number of rotatable bonds is 6. The van der Waals surface area contributed by atoms with Crippen molar-refractivity contribution in [3.8, 4) is 0 Å². The molecule has 128 valence electrons. The smallest absolute Gasteiger partial charge is 0.234 e. The largest absolute Gasteiger partial charge is 0.325 e. The Bertz CT molecular complexity index is 936. The average molecular weight is 355 g/mol. The number of hydrogen-bond acceptors (Lipinski definition) is 3. The first-order valence-corrected chi connectivity index (χ1v) is 8.82. The zero-order chi connectivity index (χ0) is 17.8. The molecule has 1 heterocycles. The SMILES string of the molecule is C=CCn1c(SCC(=O)Nc2ccc(C)c(F)c2)nc2ccccc21. The highest BCUT2D eigenvalue weighted by Crippen LogP contribution is 2.24. The van der Waals surface area contributed by atoms with E-state index in [0.29, 0.717) is 17.8 Å². The molecule has 4 nitrogen and oxygen atoms in total. The van der Waals surface area contributed by atoms with E-state index in [9.17, 15) is 9.18 Å². The number of aryl methyl sites for hydroxylation is 1. The van der Waals surface area contributed by atoms with Crippen molar-refractivity contribution in [3.05, 3.63) is 66.5 Å². The van der Waals surface area contributed by atoms with Gasteiger partial charge in [-0.2, -0.15) is 0 Å². The van der Waals surface area contributed by atoms with Crippen LogP contribution in [0.4, 0.5) is 10.1 Å². The summed E-state index contributed by atoms with van der Waals surface area (Å²) in [5, 5.41) is 3.46. The number of hydrogen-bond donors (Lipinski definition) is 1. The molecule has 1 aromatic heterocycles. The first-order chi connectivity index (χ1) is 12.1. The van der Waals surface area contributed by atoms with Gasteiger partial charge in [0.05, 0.1) is 16.8 Å². The number of fused-ring (bicyclic) bond motifs is 1. The van der Waals surface area contributed by atoms with E-state index in [1.54, 1.807) is 25.1 Å². The Balaban J connectivity index is 1.71. The maximum atomic E-state index is 13.6. The number of benzene rings is 2. The molecule has 0 bridgehead atoms. The summed E-state index contributed by atoms with van der Waals surface area (Å²) in [6.07, 6.45) is 1.80. The summed E-state index contributed by atoms with van der Waals surface area (Å²) < 4.78 is 15.6. The summed E-state index contributed by atoms with van der Waals surface area (Å²) >= 11 is 1.35. The number of carbonyl (C=O) groups excluding carboxylic acids is 1. The number of carbonyl (C=O) groups is 1. The monoisotopic (exact) mass is 355 g/mol. The first-order valence-electron chi connectivity index (χ1n) is 7.83. The number of aromatic nitrogens is 2. The summed E-state index contributed by atoms with van der Waals surface area (Å²) in [5.74, 6) is -0.348. The fourth-order valence-electron chi connectivity index (χ4n) is 2.47. The normalized spacial score (nSPS) is 10.8. The second kappa shape index (κ2) is 7.53. The zero-order valence-electron chi connectivity index (χ0n) is 13.8. The van der Waals surface area contributed by atoms with Crippen LogP contribution < -0.4 is 5.32 Å². The van der Waals surface area contributed by atoms with Crippen LogP contribution in [-0.2, 0) is 11.3 Å². The molecule has 0 radical (unpaired) electrons. The number of thioether (sulfide) groups is 1. The number of anilines is 1. The molecule has 2 aromatic carbocycles. The Labute approximate surface area is 149 Å². The van der Waals surface area contributed by atoms with Gasteiger partial charge in [0.15, 0.2) is 5.16 Å². The van der Waals surface area contributed by atoms with Gasteiger partial charge in [-0.3, -0.25) is 4.79 Å². The molecule has 6 heteroatoms. The van der Waals surface area contributed by atoms with E-state index in [4.69, 9.17) is 0 Å². The lowest BCUT2D eigenvalue weighted by Crippen LogP contribution is -2.14. The molecule has 0 aliphatic carbocycles. The molecule has 3 rings (SSSR count). The summed E-state index contributed by atoms with van der Waals surface area (Å²) in [4.78, 5) is 16.7. The maximum absolute atomic E-state index is 13.6. The predicted octanol–water partition coefficient (Wildman–Crippen LogP) is 4.40. The van der Waals surface area contributed by atoms with Crippen LogP contribution >= 0.6 is 11.8 Å². The van der Waals surface area contributed by atoms with Gasteiger partial charge < -0.3 is 9.88 Å². The van der Waals surface area contributed by atoms with Gasteiger partial charge in [0, 0.05) is 12.2 Å². The van der Waals surface area contributed by atoms with Crippen LogP contribution in [0.25, 0.3) is 11.0 Å². The molecule has 25 heavy (non-hydrogen) atoms. The molecule has 0 saturated carbocycles. The fourth-order valence-corrected chi connectivity index (χ4v) is 3.29. The molecule has 0 aliphatic rings. The highest BCUT2D eigenvalue weighted by Gasteiger charge is 2.12. The Morgan fingerprint density at radius 3 is 2.92 bits per heavy atom. The number of amides is 1. The number of imidazole rings is 1. The Morgan fingerprint density at radius 1 is 1.36 bits per heavy atom. The molecule has 0 spiro atoms. The van der Waals surface area contributed by atoms with Gasteiger partial charge in [-0.05, 0) is 36.8 Å².